The molecule has 3 aromatic carbocycles. The van der Waals surface area contributed by atoms with Crippen LogP contribution in [0.5, 0.6) is 11.5 Å². The van der Waals surface area contributed by atoms with Crippen LogP contribution in [0.1, 0.15) is 31.4 Å². The molecule has 0 aromatic heterocycles. The van der Waals surface area contributed by atoms with Gasteiger partial charge in [0, 0.05) is 24.2 Å². The third-order valence-corrected chi connectivity index (χ3v) is 8.57. The quantitative estimate of drug-likeness (QED) is 0.302. The van der Waals surface area contributed by atoms with Gasteiger partial charge in [0.25, 0.3) is 10.0 Å². The van der Waals surface area contributed by atoms with Gasteiger partial charge < -0.3 is 19.7 Å². The van der Waals surface area contributed by atoms with Crippen LogP contribution in [-0.4, -0.2) is 58.5 Å². The van der Waals surface area contributed by atoms with E-state index in [2.05, 4.69) is 5.32 Å². The molecule has 0 spiro atoms. The molecule has 41 heavy (non-hydrogen) atoms. The molecule has 1 N–H and O–H groups in total. The summed E-state index contributed by atoms with van der Waals surface area (Å²) in [6.07, 6.45) is 0.340. The second-order valence-electron chi connectivity index (χ2n) is 9.33. The van der Waals surface area contributed by atoms with Gasteiger partial charge >= 0.3 is 0 Å². The van der Waals surface area contributed by atoms with Gasteiger partial charge in [0.2, 0.25) is 11.8 Å². The lowest BCUT2D eigenvalue weighted by Crippen LogP contribution is -2.52. The summed E-state index contributed by atoms with van der Waals surface area (Å²) in [5.41, 5.74) is 2.10. The monoisotopic (exact) mass is 601 g/mol. The Labute approximate surface area is 247 Å². The fraction of sp³-hybridized carbons (Fsp3) is 0.333. The number of carbonyl (C=O) groups is 2. The van der Waals surface area contributed by atoms with E-state index in [-0.39, 0.29) is 28.8 Å². The molecule has 0 aliphatic carbocycles. The number of nitrogens with zero attached hydrogens (tertiary/aromatic N) is 2. The van der Waals surface area contributed by atoms with Crippen molar-refractivity contribution in [3.63, 3.8) is 0 Å². The molecule has 1 unspecified atom stereocenters. The number of rotatable bonds is 13. The van der Waals surface area contributed by atoms with Crippen molar-refractivity contribution in [1.29, 1.82) is 0 Å². The number of hydrogen-bond donors (Lipinski definition) is 1. The maximum Gasteiger partial charge on any atom is 0.264 e. The molecule has 0 saturated heterocycles. The van der Waals surface area contributed by atoms with E-state index in [1.165, 1.54) is 49.5 Å². The maximum absolute atomic E-state index is 14.1. The summed E-state index contributed by atoms with van der Waals surface area (Å²) in [7, 11) is -1.43. The van der Waals surface area contributed by atoms with Crippen LogP contribution in [0.15, 0.2) is 71.6 Å². The van der Waals surface area contributed by atoms with Crippen molar-refractivity contribution in [2.75, 3.05) is 31.6 Å². The van der Waals surface area contributed by atoms with Crippen LogP contribution in [0.25, 0.3) is 0 Å². The molecule has 0 aliphatic heterocycles. The van der Waals surface area contributed by atoms with Crippen molar-refractivity contribution in [3.8, 4) is 11.5 Å². The summed E-state index contributed by atoms with van der Waals surface area (Å²) >= 11 is 6.09. The van der Waals surface area contributed by atoms with E-state index >= 15 is 0 Å². The number of halogens is 1. The standard InChI is InChI=1S/C30H36ClN3O6S/c1-6-26(30(36)32-7-2)33(19-22-10-8-21(3)9-11-22)29(35)20-34(24-14-12-23(31)13-15-24)41(37,38)25-16-17-27(39-4)28(18-25)40-5/h8-18,26H,6-7,19-20H2,1-5H3,(H,32,36). The molecule has 9 nitrogen and oxygen atoms in total. The van der Waals surface area contributed by atoms with E-state index in [0.29, 0.717) is 23.7 Å². The first-order valence-electron chi connectivity index (χ1n) is 13.2. The van der Waals surface area contributed by atoms with E-state index in [1.807, 2.05) is 38.1 Å². The molecule has 0 aliphatic rings. The summed E-state index contributed by atoms with van der Waals surface area (Å²) in [4.78, 5) is 28.4. The van der Waals surface area contributed by atoms with Gasteiger partial charge in [-0.2, -0.15) is 0 Å². The second kappa shape index (κ2) is 14.2. The van der Waals surface area contributed by atoms with Gasteiger partial charge in [-0.05, 0) is 62.2 Å². The Hall–Kier alpha value is -3.76. The van der Waals surface area contributed by atoms with E-state index in [9.17, 15) is 18.0 Å². The Balaban J connectivity index is 2.09. The number of benzene rings is 3. The van der Waals surface area contributed by atoms with E-state index < -0.39 is 28.5 Å². The predicted molar refractivity (Wildman–Crippen MR) is 160 cm³/mol. The SMILES string of the molecule is CCNC(=O)C(CC)N(Cc1ccc(C)cc1)C(=O)CN(c1ccc(Cl)cc1)S(=O)(=O)c1ccc(OC)c(OC)c1. The second-order valence-corrected chi connectivity index (χ2v) is 11.6. The van der Waals surface area contributed by atoms with E-state index in [0.717, 1.165) is 15.4 Å². The molecule has 3 rings (SSSR count). The van der Waals surface area contributed by atoms with Gasteiger partial charge in [0.15, 0.2) is 11.5 Å². The number of aryl methyl sites for hydroxylation is 1. The average Bonchev–Trinajstić information content (AvgIpc) is 2.96. The van der Waals surface area contributed by atoms with Crippen LogP contribution in [0.3, 0.4) is 0 Å². The molecule has 220 valence electrons. The molecule has 0 saturated carbocycles. The number of sulfonamides is 1. The number of hydrogen-bond acceptors (Lipinski definition) is 6. The largest absolute Gasteiger partial charge is 0.493 e. The van der Waals surface area contributed by atoms with Gasteiger partial charge in [-0.25, -0.2) is 8.42 Å². The minimum Gasteiger partial charge on any atom is -0.493 e. The first kappa shape index (κ1) is 31.8. The molecular formula is C30H36ClN3O6S. The number of ether oxygens (including phenoxy) is 2. The van der Waals surface area contributed by atoms with Crippen molar-refractivity contribution >= 4 is 39.1 Å². The lowest BCUT2D eigenvalue weighted by Gasteiger charge is -2.33. The molecule has 0 fully saturated rings. The van der Waals surface area contributed by atoms with Gasteiger partial charge in [-0.15, -0.1) is 0 Å². The first-order chi connectivity index (χ1) is 19.5. The van der Waals surface area contributed by atoms with Crippen LogP contribution in [-0.2, 0) is 26.2 Å². The molecular weight excluding hydrogens is 566 g/mol. The van der Waals surface area contributed by atoms with Crippen LogP contribution in [0.4, 0.5) is 5.69 Å². The molecule has 11 heteroatoms. The Bertz CT molecular complexity index is 1450. The number of methoxy groups -OCH3 is 2. The van der Waals surface area contributed by atoms with Crippen molar-refractivity contribution in [1.82, 2.24) is 10.2 Å². The highest BCUT2D eigenvalue weighted by Crippen LogP contribution is 2.32. The van der Waals surface area contributed by atoms with Crippen molar-refractivity contribution in [2.45, 2.75) is 44.7 Å². The highest BCUT2D eigenvalue weighted by atomic mass is 35.5. The van der Waals surface area contributed by atoms with Crippen molar-refractivity contribution < 1.29 is 27.5 Å². The van der Waals surface area contributed by atoms with Gasteiger partial charge in [0.05, 0.1) is 24.8 Å². The third-order valence-electron chi connectivity index (χ3n) is 6.55. The lowest BCUT2D eigenvalue weighted by atomic mass is 10.1. The zero-order chi connectivity index (χ0) is 30.2. The summed E-state index contributed by atoms with van der Waals surface area (Å²) in [5, 5.41) is 3.20. The Morgan fingerprint density at radius 2 is 1.56 bits per heavy atom. The number of nitrogens with one attached hydrogen (secondary N) is 1. The highest BCUT2D eigenvalue weighted by molar-refractivity contribution is 7.92. The first-order valence-corrected chi connectivity index (χ1v) is 15.0. The Kier molecular flexibility index (Phi) is 11.0. The maximum atomic E-state index is 14.1. The van der Waals surface area contributed by atoms with Crippen LogP contribution in [0.2, 0.25) is 5.02 Å². The van der Waals surface area contributed by atoms with E-state index in [1.54, 1.807) is 19.1 Å². The smallest absolute Gasteiger partial charge is 0.264 e. The average molecular weight is 602 g/mol. The highest BCUT2D eigenvalue weighted by Gasteiger charge is 2.34. The zero-order valence-corrected chi connectivity index (χ0v) is 25.5. The summed E-state index contributed by atoms with van der Waals surface area (Å²) in [5.74, 6) is -0.268. The molecule has 0 heterocycles. The molecule has 2 amide bonds. The van der Waals surface area contributed by atoms with Gasteiger partial charge in [-0.1, -0.05) is 48.4 Å². The van der Waals surface area contributed by atoms with Gasteiger partial charge in [-0.3, -0.25) is 13.9 Å². The van der Waals surface area contributed by atoms with Gasteiger partial charge in [0.1, 0.15) is 12.6 Å². The zero-order valence-electron chi connectivity index (χ0n) is 23.9. The van der Waals surface area contributed by atoms with Crippen molar-refractivity contribution in [3.05, 3.63) is 82.9 Å². The lowest BCUT2D eigenvalue weighted by molar-refractivity contribution is -0.140. The Morgan fingerprint density at radius 1 is 0.927 bits per heavy atom. The van der Waals surface area contributed by atoms with E-state index in [4.69, 9.17) is 21.1 Å². The minimum atomic E-state index is -4.29. The van der Waals surface area contributed by atoms with Crippen LogP contribution >= 0.6 is 11.6 Å². The normalized spacial score (nSPS) is 11.9. The van der Waals surface area contributed by atoms with Crippen molar-refractivity contribution in [2.24, 2.45) is 0 Å². The Morgan fingerprint density at radius 3 is 2.12 bits per heavy atom. The molecule has 0 bridgehead atoms. The minimum absolute atomic E-state index is 0.0984. The molecule has 3 aromatic rings. The summed E-state index contributed by atoms with van der Waals surface area (Å²) in [6, 6.07) is 17.2. The van der Waals surface area contributed by atoms with Crippen LogP contribution < -0.4 is 19.1 Å². The fourth-order valence-corrected chi connectivity index (χ4v) is 5.90. The summed E-state index contributed by atoms with van der Waals surface area (Å²) in [6.45, 7) is 5.53. The number of anilines is 1. The predicted octanol–water partition coefficient (Wildman–Crippen LogP) is 4.80. The number of amides is 2. The van der Waals surface area contributed by atoms with Crippen LogP contribution in [0, 0.1) is 6.92 Å². The third kappa shape index (κ3) is 7.71. The molecule has 0 radical (unpaired) electrons. The fourth-order valence-electron chi connectivity index (χ4n) is 4.34. The topological polar surface area (TPSA) is 105 Å². The summed E-state index contributed by atoms with van der Waals surface area (Å²) < 4.78 is 39.7. The number of likely N-dealkylation sites (N-methyl/N-ethyl adjacent to an activating group) is 1. The number of carbonyl (C=O) groups excluding carboxylic acids is 2. The molecule has 1 atom stereocenters.